The van der Waals surface area contributed by atoms with Gasteiger partial charge >= 0.3 is 0 Å². The second kappa shape index (κ2) is 16.3. The quantitative estimate of drug-likeness (QED) is 0.167. The number of carbonyl (C=O) groups excluding carboxylic acids is 2. The molecule has 0 aliphatic carbocycles. The summed E-state index contributed by atoms with van der Waals surface area (Å²) in [5.41, 5.74) is 4.69. The summed E-state index contributed by atoms with van der Waals surface area (Å²) in [5, 5.41) is 2.98. The van der Waals surface area contributed by atoms with E-state index in [1.54, 1.807) is 12.1 Å². The van der Waals surface area contributed by atoms with Gasteiger partial charge in [0.15, 0.2) is 11.5 Å². The average Bonchev–Trinajstić information content (AvgIpc) is 3.07. The highest BCUT2D eigenvalue weighted by Gasteiger charge is 2.35. The molecule has 0 spiro atoms. The van der Waals surface area contributed by atoms with Gasteiger partial charge in [-0.05, 0) is 79.3 Å². The van der Waals surface area contributed by atoms with E-state index in [9.17, 15) is 18.0 Å². The van der Waals surface area contributed by atoms with E-state index in [1.165, 1.54) is 37.3 Å². The van der Waals surface area contributed by atoms with Gasteiger partial charge in [0, 0.05) is 25.6 Å². The van der Waals surface area contributed by atoms with Crippen LogP contribution in [0.15, 0.2) is 95.9 Å². The second-order valence-corrected chi connectivity index (χ2v) is 13.7. The van der Waals surface area contributed by atoms with Crippen molar-refractivity contribution < 1.29 is 27.5 Å². The molecule has 2 amide bonds. The lowest BCUT2D eigenvalue weighted by Gasteiger charge is -2.34. The van der Waals surface area contributed by atoms with Crippen LogP contribution in [0.25, 0.3) is 0 Å². The molecule has 0 fully saturated rings. The van der Waals surface area contributed by atoms with E-state index in [0.717, 1.165) is 38.5 Å². The number of amides is 2. The van der Waals surface area contributed by atoms with E-state index < -0.39 is 28.5 Å². The fraction of sp³-hybridized carbons (Fsp3) is 0.316. The van der Waals surface area contributed by atoms with Gasteiger partial charge in [-0.2, -0.15) is 0 Å². The topological polar surface area (TPSA) is 105 Å². The minimum absolute atomic E-state index is 0.0703. The number of rotatable bonds is 15. The summed E-state index contributed by atoms with van der Waals surface area (Å²) >= 11 is 0. The van der Waals surface area contributed by atoms with Gasteiger partial charge in [-0.15, -0.1) is 0 Å². The molecule has 0 saturated heterocycles. The second-order valence-electron chi connectivity index (χ2n) is 11.8. The molecule has 0 unspecified atom stereocenters. The molecule has 0 saturated carbocycles. The number of methoxy groups -OCH3 is 2. The van der Waals surface area contributed by atoms with Gasteiger partial charge in [0.25, 0.3) is 10.0 Å². The minimum Gasteiger partial charge on any atom is -0.493 e. The summed E-state index contributed by atoms with van der Waals surface area (Å²) in [7, 11) is -1.42. The van der Waals surface area contributed by atoms with Crippen molar-refractivity contribution in [3.05, 3.63) is 119 Å². The first-order chi connectivity index (χ1) is 23.0. The summed E-state index contributed by atoms with van der Waals surface area (Å²) in [4.78, 5) is 30.0. The number of sulfonamides is 1. The van der Waals surface area contributed by atoms with E-state index in [4.69, 9.17) is 9.47 Å². The fourth-order valence-corrected chi connectivity index (χ4v) is 7.03. The lowest BCUT2D eigenvalue weighted by molar-refractivity contribution is -0.140. The first-order valence-electron chi connectivity index (χ1n) is 16.0. The number of carbonyl (C=O) groups is 2. The van der Waals surface area contributed by atoms with Crippen LogP contribution in [-0.2, 0) is 32.6 Å². The van der Waals surface area contributed by atoms with Gasteiger partial charge in [0.1, 0.15) is 12.6 Å². The third kappa shape index (κ3) is 8.74. The van der Waals surface area contributed by atoms with Gasteiger partial charge in [-0.25, -0.2) is 8.42 Å². The van der Waals surface area contributed by atoms with Crippen molar-refractivity contribution in [2.75, 3.05) is 31.6 Å². The van der Waals surface area contributed by atoms with Crippen LogP contribution in [0.4, 0.5) is 5.69 Å². The molecule has 1 N–H and O–H groups in total. The van der Waals surface area contributed by atoms with Gasteiger partial charge < -0.3 is 19.7 Å². The monoisotopic (exact) mass is 671 g/mol. The van der Waals surface area contributed by atoms with Crippen molar-refractivity contribution in [1.29, 1.82) is 0 Å². The first kappa shape index (κ1) is 36.0. The molecule has 4 rings (SSSR count). The maximum absolute atomic E-state index is 14.7. The highest BCUT2D eigenvalue weighted by Crippen LogP contribution is 2.33. The molecule has 0 heterocycles. The summed E-state index contributed by atoms with van der Waals surface area (Å²) in [6, 6.07) is 26.0. The van der Waals surface area contributed by atoms with Crippen LogP contribution in [0.5, 0.6) is 11.5 Å². The normalized spacial score (nSPS) is 11.8. The zero-order valence-corrected chi connectivity index (χ0v) is 29.3. The number of nitrogens with one attached hydrogen (secondary N) is 1. The Hall–Kier alpha value is -4.83. The van der Waals surface area contributed by atoms with Crippen molar-refractivity contribution in [2.45, 2.75) is 58.0 Å². The van der Waals surface area contributed by atoms with Crippen LogP contribution in [0, 0.1) is 20.8 Å². The smallest absolute Gasteiger partial charge is 0.264 e. The van der Waals surface area contributed by atoms with Gasteiger partial charge in [0.2, 0.25) is 11.8 Å². The van der Waals surface area contributed by atoms with Gasteiger partial charge in [-0.1, -0.05) is 67.6 Å². The maximum Gasteiger partial charge on any atom is 0.264 e. The highest BCUT2D eigenvalue weighted by molar-refractivity contribution is 7.92. The highest BCUT2D eigenvalue weighted by atomic mass is 32.2. The molecule has 0 aliphatic rings. The molecule has 0 aromatic heterocycles. The lowest BCUT2D eigenvalue weighted by atomic mass is 10.0. The Kier molecular flexibility index (Phi) is 12.2. The Balaban J connectivity index is 1.85. The molecule has 10 heteroatoms. The average molecular weight is 672 g/mol. The van der Waals surface area contributed by atoms with Crippen molar-refractivity contribution >= 4 is 27.5 Å². The van der Waals surface area contributed by atoms with E-state index >= 15 is 0 Å². The Morgan fingerprint density at radius 1 is 0.812 bits per heavy atom. The minimum atomic E-state index is -4.32. The van der Waals surface area contributed by atoms with Gasteiger partial charge in [0.05, 0.1) is 24.8 Å². The number of ether oxygens (including phenoxy) is 2. The molecule has 4 aromatic carbocycles. The number of anilines is 1. The summed E-state index contributed by atoms with van der Waals surface area (Å²) in [6.45, 7) is 7.67. The molecule has 0 radical (unpaired) electrons. The molecule has 0 aliphatic heterocycles. The summed E-state index contributed by atoms with van der Waals surface area (Å²) in [5.74, 6) is -0.212. The molecule has 254 valence electrons. The SMILES string of the molecule is CCCNC(=O)[C@@H](Cc1ccccc1)N(Cc1ccccc1C)C(=O)CN(c1cc(C)cc(C)c1)S(=O)(=O)c1ccc(OC)c(OC)c1. The van der Waals surface area contributed by atoms with Crippen molar-refractivity contribution in [1.82, 2.24) is 10.2 Å². The third-order valence-corrected chi connectivity index (χ3v) is 9.91. The molecule has 0 bridgehead atoms. The number of aryl methyl sites for hydroxylation is 3. The summed E-state index contributed by atoms with van der Waals surface area (Å²) < 4.78 is 40.9. The van der Waals surface area contributed by atoms with Crippen LogP contribution in [-0.4, -0.2) is 58.5 Å². The molecule has 48 heavy (non-hydrogen) atoms. The predicted molar refractivity (Wildman–Crippen MR) is 189 cm³/mol. The van der Waals surface area contributed by atoms with E-state index in [-0.39, 0.29) is 29.5 Å². The van der Waals surface area contributed by atoms with Crippen LogP contribution >= 0.6 is 0 Å². The van der Waals surface area contributed by atoms with Crippen LogP contribution in [0.3, 0.4) is 0 Å². The number of hydrogen-bond donors (Lipinski definition) is 1. The largest absolute Gasteiger partial charge is 0.493 e. The molecule has 9 nitrogen and oxygen atoms in total. The van der Waals surface area contributed by atoms with Crippen molar-refractivity contribution in [3.63, 3.8) is 0 Å². The van der Waals surface area contributed by atoms with Gasteiger partial charge in [-0.3, -0.25) is 13.9 Å². The molecule has 1 atom stereocenters. The molecular weight excluding hydrogens is 627 g/mol. The maximum atomic E-state index is 14.7. The first-order valence-corrected chi connectivity index (χ1v) is 17.4. The zero-order valence-electron chi connectivity index (χ0n) is 28.5. The summed E-state index contributed by atoms with van der Waals surface area (Å²) in [6.07, 6.45) is 0.972. The van der Waals surface area contributed by atoms with Crippen molar-refractivity contribution in [2.24, 2.45) is 0 Å². The Labute approximate surface area is 284 Å². The third-order valence-electron chi connectivity index (χ3n) is 8.14. The lowest BCUT2D eigenvalue weighted by Crippen LogP contribution is -2.53. The number of nitrogens with zero attached hydrogens (tertiary/aromatic N) is 2. The predicted octanol–water partition coefficient (Wildman–Crippen LogP) is 5.99. The van der Waals surface area contributed by atoms with Crippen LogP contribution < -0.4 is 19.1 Å². The van der Waals surface area contributed by atoms with Crippen molar-refractivity contribution in [3.8, 4) is 11.5 Å². The Bertz CT molecular complexity index is 1810. The molecule has 4 aromatic rings. The number of hydrogen-bond acceptors (Lipinski definition) is 6. The van der Waals surface area contributed by atoms with E-state index in [1.807, 2.05) is 88.4 Å². The number of benzene rings is 4. The standard InChI is InChI=1S/C38H45N3O6S/c1-7-19-39-38(43)34(23-30-14-9-8-10-15-30)40(25-31-16-12-11-13-29(31)4)37(42)26-41(32-21-27(2)20-28(3)22-32)48(44,45)33-17-18-35(46-5)36(24-33)47-6/h8-18,20-22,24,34H,7,19,23,25-26H2,1-6H3,(H,39,43)/t34-/m1/s1. The molecular formula is C38H45N3O6S. The Morgan fingerprint density at radius 3 is 2.08 bits per heavy atom. The Morgan fingerprint density at radius 2 is 1.46 bits per heavy atom. The van der Waals surface area contributed by atoms with Crippen LogP contribution in [0.2, 0.25) is 0 Å². The van der Waals surface area contributed by atoms with E-state index in [0.29, 0.717) is 18.0 Å². The van der Waals surface area contributed by atoms with Crippen LogP contribution in [0.1, 0.15) is 41.2 Å². The van der Waals surface area contributed by atoms with E-state index in [2.05, 4.69) is 5.32 Å². The zero-order chi connectivity index (χ0) is 34.8. The fourth-order valence-electron chi connectivity index (χ4n) is 5.62.